The Kier molecular flexibility index (Phi) is 6.26. The lowest BCUT2D eigenvalue weighted by Gasteiger charge is -2.09. The fraction of sp³-hybridized carbons (Fsp3) is 0.300. The standard InChI is InChI=1S/C20H22N2O4S/c1-4-26-16-10-7-11-17-18(16)22(12-13-24-2)20(27-17)21-19(23)14-8-5-6-9-15(14)25-3/h5-11H,4,12-13H2,1-3H3. The molecule has 0 N–H and O–H groups in total. The van der Waals surface area contributed by atoms with Crippen molar-refractivity contribution >= 4 is 27.5 Å². The van der Waals surface area contributed by atoms with Gasteiger partial charge >= 0.3 is 0 Å². The predicted octanol–water partition coefficient (Wildman–Crippen LogP) is 3.50. The molecule has 0 unspecified atom stereocenters. The van der Waals surface area contributed by atoms with E-state index in [0.717, 1.165) is 16.0 Å². The van der Waals surface area contributed by atoms with Crippen LogP contribution in [0.3, 0.4) is 0 Å². The molecule has 0 aliphatic rings. The smallest absolute Gasteiger partial charge is 0.283 e. The lowest BCUT2D eigenvalue weighted by Crippen LogP contribution is -2.20. The largest absolute Gasteiger partial charge is 0.496 e. The summed E-state index contributed by atoms with van der Waals surface area (Å²) in [6, 6.07) is 12.9. The summed E-state index contributed by atoms with van der Waals surface area (Å²) in [6.07, 6.45) is 0. The molecular formula is C20H22N2O4S. The van der Waals surface area contributed by atoms with Gasteiger partial charge in [0.2, 0.25) is 0 Å². The first-order valence-corrected chi connectivity index (χ1v) is 9.47. The summed E-state index contributed by atoms with van der Waals surface area (Å²) in [7, 11) is 3.19. The normalized spacial score (nSPS) is 11.7. The molecule has 1 aromatic heterocycles. The molecule has 0 bridgehead atoms. The minimum atomic E-state index is -0.344. The van der Waals surface area contributed by atoms with Gasteiger partial charge in [0.1, 0.15) is 17.0 Å². The van der Waals surface area contributed by atoms with E-state index in [4.69, 9.17) is 14.2 Å². The molecule has 3 aromatic rings. The van der Waals surface area contributed by atoms with Crippen LogP contribution in [-0.2, 0) is 11.3 Å². The third-order valence-corrected chi connectivity index (χ3v) is 5.06. The molecule has 0 fully saturated rings. The zero-order valence-corrected chi connectivity index (χ0v) is 16.4. The quantitative estimate of drug-likeness (QED) is 0.624. The van der Waals surface area contributed by atoms with Gasteiger partial charge in [-0.15, -0.1) is 0 Å². The number of benzene rings is 2. The molecule has 0 spiro atoms. The number of carbonyl (C=O) groups excluding carboxylic acids is 1. The van der Waals surface area contributed by atoms with Gasteiger partial charge in [0.15, 0.2) is 4.80 Å². The Morgan fingerprint density at radius 1 is 1.11 bits per heavy atom. The minimum absolute atomic E-state index is 0.344. The van der Waals surface area contributed by atoms with Gasteiger partial charge in [-0.1, -0.05) is 29.5 Å². The molecule has 1 heterocycles. The summed E-state index contributed by atoms with van der Waals surface area (Å²) in [5, 5.41) is 0. The van der Waals surface area contributed by atoms with Gasteiger partial charge in [-0.2, -0.15) is 4.99 Å². The van der Waals surface area contributed by atoms with Crippen LogP contribution in [0.2, 0.25) is 0 Å². The number of thiazole rings is 1. The predicted molar refractivity (Wildman–Crippen MR) is 106 cm³/mol. The van der Waals surface area contributed by atoms with Gasteiger partial charge < -0.3 is 18.8 Å². The number of para-hydroxylation sites is 2. The second-order valence-electron chi connectivity index (χ2n) is 5.68. The van der Waals surface area contributed by atoms with Gasteiger partial charge in [0.05, 0.1) is 30.6 Å². The zero-order chi connectivity index (χ0) is 19.2. The zero-order valence-electron chi connectivity index (χ0n) is 15.6. The number of hydrogen-bond acceptors (Lipinski definition) is 5. The number of ether oxygens (including phenoxy) is 3. The molecule has 1 amide bonds. The van der Waals surface area contributed by atoms with Gasteiger partial charge in [0.25, 0.3) is 5.91 Å². The Morgan fingerprint density at radius 3 is 2.63 bits per heavy atom. The second-order valence-corrected chi connectivity index (χ2v) is 6.69. The van der Waals surface area contributed by atoms with E-state index >= 15 is 0 Å². The topological polar surface area (TPSA) is 62.0 Å². The number of hydrogen-bond donors (Lipinski definition) is 0. The van der Waals surface area contributed by atoms with E-state index in [0.29, 0.717) is 35.9 Å². The maximum atomic E-state index is 12.8. The van der Waals surface area contributed by atoms with Crippen molar-refractivity contribution < 1.29 is 19.0 Å². The lowest BCUT2D eigenvalue weighted by atomic mass is 10.2. The molecule has 0 saturated carbocycles. The maximum Gasteiger partial charge on any atom is 0.283 e. The summed E-state index contributed by atoms with van der Waals surface area (Å²) in [5.74, 6) is 0.933. The van der Waals surface area contributed by atoms with Crippen molar-refractivity contribution in [1.82, 2.24) is 4.57 Å². The number of fused-ring (bicyclic) bond motifs is 1. The van der Waals surface area contributed by atoms with Crippen LogP contribution in [0.15, 0.2) is 47.5 Å². The van der Waals surface area contributed by atoms with Crippen molar-refractivity contribution in [2.24, 2.45) is 4.99 Å². The average molecular weight is 386 g/mol. The van der Waals surface area contributed by atoms with Crippen LogP contribution in [0.5, 0.6) is 11.5 Å². The number of nitrogens with zero attached hydrogens (tertiary/aromatic N) is 2. The molecule has 2 aromatic carbocycles. The number of methoxy groups -OCH3 is 2. The van der Waals surface area contributed by atoms with E-state index < -0.39 is 0 Å². The molecule has 0 atom stereocenters. The van der Waals surface area contributed by atoms with Crippen LogP contribution in [0, 0.1) is 0 Å². The Labute approximate surface area is 161 Å². The van der Waals surface area contributed by atoms with Crippen LogP contribution in [0.4, 0.5) is 0 Å². The van der Waals surface area contributed by atoms with E-state index in [2.05, 4.69) is 4.99 Å². The van der Waals surface area contributed by atoms with E-state index in [9.17, 15) is 4.79 Å². The van der Waals surface area contributed by atoms with Crippen LogP contribution in [0.1, 0.15) is 17.3 Å². The monoisotopic (exact) mass is 386 g/mol. The van der Waals surface area contributed by atoms with Crippen molar-refractivity contribution in [3.63, 3.8) is 0 Å². The van der Waals surface area contributed by atoms with Crippen molar-refractivity contribution in [1.29, 1.82) is 0 Å². The van der Waals surface area contributed by atoms with Crippen molar-refractivity contribution in [2.75, 3.05) is 27.4 Å². The minimum Gasteiger partial charge on any atom is -0.496 e. The van der Waals surface area contributed by atoms with E-state index in [-0.39, 0.29) is 5.91 Å². The molecular weight excluding hydrogens is 364 g/mol. The highest BCUT2D eigenvalue weighted by Gasteiger charge is 2.15. The molecule has 0 aliphatic carbocycles. The molecule has 0 saturated heterocycles. The Hall–Kier alpha value is -2.64. The SMILES string of the molecule is CCOc1cccc2sc(=NC(=O)c3ccccc3OC)n(CCOC)c12. The van der Waals surface area contributed by atoms with Crippen LogP contribution in [-0.4, -0.2) is 37.9 Å². The number of aromatic nitrogens is 1. The molecule has 7 heteroatoms. The Morgan fingerprint density at radius 2 is 1.89 bits per heavy atom. The third kappa shape index (κ3) is 4.04. The third-order valence-electron chi connectivity index (χ3n) is 4.02. The van der Waals surface area contributed by atoms with E-state index in [1.165, 1.54) is 11.3 Å². The highest BCUT2D eigenvalue weighted by atomic mass is 32.1. The van der Waals surface area contributed by atoms with Crippen molar-refractivity contribution in [3.8, 4) is 11.5 Å². The van der Waals surface area contributed by atoms with E-state index in [1.807, 2.05) is 35.8 Å². The van der Waals surface area contributed by atoms with E-state index in [1.54, 1.807) is 32.4 Å². The van der Waals surface area contributed by atoms with Crippen LogP contribution in [0.25, 0.3) is 10.2 Å². The maximum absolute atomic E-state index is 12.8. The average Bonchev–Trinajstić information content (AvgIpc) is 3.04. The summed E-state index contributed by atoms with van der Waals surface area (Å²) < 4.78 is 19.3. The Balaban J connectivity index is 2.16. The molecule has 0 radical (unpaired) electrons. The summed E-state index contributed by atoms with van der Waals surface area (Å²) in [4.78, 5) is 17.8. The number of amides is 1. The van der Waals surface area contributed by atoms with Gasteiger partial charge in [-0.3, -0.25) is 4.79 Å². The fourth-order valence-corrected chi connectivity index (χ4v) is 3.89. The Bertz CT molecular complexity index is 1010. The summed E-state index contributed by atoms with van der Waals surface area (Å²) in [5.41, 5.74) is 1.36. The van der Waals surface area contributed by atoms with Crippen molar-refractivity contribution in [2.45, 2.75) is 13.5 Å². The first-order chi connectivity index (χ1) is 13.2. The molecule has 0 aliphatic heterocycles. The molecule has 6 nitrogen and oxygen atoms in total. The first kappa shape index (κ1) is 19.1. The first-order valence-electron chi connectivity index (χ1n) is 8.65. The van der Waals surface area contributed by atoms with Crippen LogP contribution >= 0.6 is 11.3 Å². The second kappa shape index (κ2) is 8.83. The lowest BCUT2D eigenvalue weighted by molar-refractivity contribution is 0.0994. The highest BCUT2D eigenvalue weighted by Crippen LogP contribution is 2.28. The fourth-order valence-electron chi connectivity index (χ4n) is 2.81. The van der Waals surface area contributed by atoms with Crippen LogP contribution < -0.4 is 14.3 Å². The molecule has 27 heavy (non-hydrogen) atoms. The number of rotatable bonds is 7. The summed E-state index contributed by atoms with van der Waals surface area (Å²) >= 11 is 1.45. The van der Waals surface area contributed by atoms with Gasteiger partial charge in [0, 0.05) is 13.7 Å². The van der Waals surface area contributed by atoms with Gasteiger partial charge in [-0.25, -0.2) is 0 Å². The number of carbonyl (C=O) groups is 1. The van der Waals surface area contributed by atoms with Gasteiger partial charge in [-0.05, 0) is 31.2 Å². The molecule has 142 valence electrons. The summed E-state index contributed by atoms with van der Waals surface area (Å²) in [6.45, 7) is 3.58. The highest BCUT2D eigenvalue weighted by molar-refractivity contribution is 7.16. The van der Waals surface area contributed by atoms with Crippen molar-refractivity contribution in [3.05, 3.63) is 52.8 Å². The molecule has 3 rings (SSSR count).